The number of thioether (sulfide) groups is 1. The van der Waals surface area contributed by atoms with Crippen LogP contribution in [0.15, 0.2) is 53.4 Å². The van der Waals surface area contributed by atoms with Gasteiger partial charge in [-0.25, -0.2) is 0 Å². The van der Waals surface area contributed by atoms with E-state index in [9.17, 15) is 9.59 Å². The summed E-state index contributed by atoms with van der Waals surface area (Å²) in [6.07, 6.45) is 1.63. The molecule has 2 amide bonds. The van der Waals surface area contributed by atoms with Crippen LogP contribution in [-0.2, 0) is 9.59 Å². The molecule has 4 nitrogen and oxygen atoms in total. The topological polar surface area (TPSA) is 49.4 Å². The van der Waals surface area contributed by atoms with Crippen LogP contribution >= 0.6 is 47.2 Å². The smallest absolute Gasteiger partial charge is 0.266 e. The number of hydrogen-bond donors (Lipinski definition) is 1. The van der Waals surface area contributed by atoms with Crippen molar-refractivity contribution >= 4 is 75.1 Å². The molecule has 0 unspecified atom stereocenters. The fourth-order valence-electron chi connectivity index (χ4n) is 2.28. The van der Waals surface area contributed by atoms with E-state index in [2.05, 4.69) is 5.32 Å². The van der Waals surface area contributed by atoms with Gasteiger partial charge in [0.15, 0.2) is 0 Å². The van der Waals surface area contributed by atoms with Crippen molar-refractivity contribution in [3.63, 3.8) is 0 Å². The Hall–Kier alpha value is -1.86. The minimum absolute atomic E-state index is 0.153. The van der Waals surface area contributed by atoms with Crippen molar-refractivity contribution in [2.75, 3.05) is 11.9 Å². The lowest BCUT2D eigenvalue weighted by molar-refractivity contribution is -0.126. The van der Waals surface area contributed by atoms with Crippen molar-refractivity contribution in [2.45, 2.75) is 0 Å². The Balaban J connectivity index is 1.73. The van der Waals surface area contributed by atoms with E-state index in [4.69, 9.17) is 35.4 Å². The molecule has 0 aliphatic carbocycles. The molecule has 132 valence electrons. The molecule has 2 aromatic rings. The Labute approximate surface area is 170 Å². The predicted molar refractivity (Wildman–Crippen MR) is 111 cm³/mol. The van der Waals surface area contributed by atoms with Gasteiger partial charge in [-0.3, -0.25) is 14.5 Å². The van der Waals surface area contributed by atoms with Crippen molar-refractivity contribution in [1.29, 1.82) is 0 Å². The molecule has 0 aromatic heterocycles. The second kappa shape index (κ2) is 8.22. The average molecular weight is 423 g/mol. The maximum atomic E-state index is 12.6. The monoisotopic (exact) mass is 422 g/mol. The molecule has 1 heterocycles. The zero-order valence-electron chi connectivity index (χ0n) is 13.2. The van der Waals surface area contributed by atoms with Gasteiger partial charge in [-0.05, 0) is 29.8 Å². The van der Waals surface area contributed by atoms with Crippen molar-refractivity contribution in [1.82, 2.24) is 4.90 Å². The molecule has 1 aliphatic rings. The number of hydrogen-bond acceptors (Lipinski definition) is 4. The number of para-hydroxylation sites is 1. The number of halogens is 2. The van der Waals surface area contributed by atoms with Crippen molar-refractivity contribution in [3.05, 3.63) is 69.0 Å². The maximum Gasteiger partial charge on any atom is 0.266 e. The van der Waals surface area contributed by atoms with Crippen LogP contribution < -0.4 is 5.32 Å². The van der Waals surface area contributed by atoms with E-state index in [1.807, 2.05) is 18.2 Å². The first kappa shape index (κ1) is 18.9. The first-order chi connectivity index (χ1) is 12.5. The van der Waals surface area contributed by atoms with Gasteiger partial charge in [-0.1, -0.05) is 77.5 Å². The van der Waals surface area contributed by atoms with E-state index in [1.54, 1.807) is 36.4 Å². The standard InChI is InChI=1S/C18H12Cl2N2O2S2/c19-13-8-4-5-11(16(13)20)9-14-17(24)22(18(25)26-14)10-15(23)21-12-6-2-1-3-7-12/h1-9H,10H2,(H,21,23)/b14-9-. The molecule has 8 heteroatoms. The number of nitrogens with one attached hydrogen (secondary N) is 1. The molecule has 1 saturated heterocycles. The molecular formula is C18H12Cl2N2O2S2. The fourth-order valence-corrected chi connectivity index (χ4v) is 3.88. The summed E-state index contributed by atoms with van der Waals surface area (Å²) < 4.78 is 0.322. The third-order valence-electron chi connectivity index (χ3n) is 3.50. The van der Waals surface area contributed by atoms with E-state index in [1.165, 1.54) is 4.90 Å². The van der Waals surface area contributed by atoms with Crippen LogP contribution in [0.1, 0.15) is 5.56 Å². The Bertz CT molecular complexity index is 917. The summed E-state index contributed by atoms with van der Waals surface area (Å²) in [6.45, 7) is -0.153. The molecule has 0 radical (unpaired) electrons. The second-order valence-electron chi connectivity index (χ2n) is 5.33. The molecular weight excluding hydrogens is 411 g/mol. The number of amides is 2. The summed E-state index contributed by atoms with van der Waals surface area (Å²) in [7, 11) is 0. The molecule has 2 aromatic carbocycles. The quantitative estimate of drug-likeness (QED) is 0.565. The summed E-state index contributed by atoms with van der Waals surface area (Å²) in [5.41, 5.74) is 1.28. The summed E-state index contributed by atoms with van der Waals surface area (Å²) in [5.74, 6) is -0.659. The summed E-state index contributed by atoms with van der Waals surface area (Å²) in [6, 6.07) is 14.2. The van der Waals surface area contributed by atoms with Gasteiger partial charge in [-0.2, -0.15) is 0 Å². The molecule has 1 N–H and O–H groups in total. The minimum Gasteiger partial charge on any atom is -0.325 e. The first-order valence-electron chi connectivity index (χ1n) is 7.50. The normalized spacial score (nSPS) is 15.6. The SMILES string of the molecule is O=C(CN1C(=O)/C(=C/c2cccc(Cl)c2Cl)SC1=S)Nc1ccccc1. The number of benzene rings is 2. The zero-order chi connectivity index (χ0) is 18.7. The molecule has 0 spiro atoms. The lowest BCUT2D eigenvalue weighted by atomic mass is 10.2. The average Bonchev–Trinajstić information content (AvgIpc) is 2.87. The van der Waals surface area contributed by atoms with Gasteiger partial charge >= 0.3 is 0 Å². The Morgan fingerprint density at radius 1 is 1.15 bits per heavy atom. The van der Waals surface area contributed by atoms with E-state index in [-0.39, 0.29) is 18.4 Å². The number of thiocarbonyl (C=S) groups is 1. The molecule has 1 aliphatic heterocycles. The largest absolute Gasteiger partial charge is 0.325 e. The number of anilines is 1. The number of rotatable bonds is 4. The maximum absolute atomic E-state index is 12.6. The summed E-state index contributed by atoms with van der Waals surface area (Å²) >= 11 is 18.5. The van der Waals surface area contributed by atoms with Gasteiger partial charge in [-0.15, -0.1) is 0 Å². The lowest BCUT2D eigenvalue weighted by Crippen LogP contribution is -2.36. The third-order valence-corrected chi connectivity index (χ3v) is 5.71. The van der Waals surface area contributed by atoms with Gasteiger partial charge in [0.05, 0.1) is 15.0 Å². The number of carbonyl (C=O) groups excluding carboxylic acids is 2. The van der Waals surface area contributed by atoms with Crippen LogP contribution in [0.3, 0.4) is 0 Å². The Morgan fingerprint density at radius 2 is 1.88 bits per heavy atom. The molecule has 3 rings (SSSR count). The van der Waals surface area contributed by atoms with Gasteiger partial charge in [0, 0.05) is 5.69 Å². The van der Waals surface area contributed by atoms with Crippen LogP contribution in [0, 0.1) is 0 Å². The zero-order valence-corrected chi connectivity index (χ0v) is 16.4. The number of nitrogens with zero attached hydrogens (tertiary/aromatic N) is 1. The molecule has 0 bridgehead atoms. The van der Waals surface area contributed by atoms with Gasteiger partial charge in [0.2, 0.25) is 5.91 Å². The van der Waals surface area contributed by atoms with Crippen LogP contribution in [-0.4, -0.2) is 27.6 Å². The highest BCUT2D eigenvalue weighted by Crippen LogP contribution is 2.35. The van der Waals surface area contributed by atoms with E-state index in [0.717, 1.165) is 11.8 Å². The second-order valence-corrected chi connectivity index (χ2v) is 7.79. The van der Waals surface area contributed by atoms with E-state index >= 15 is 0 Å². The molecule has 1 fully saturated rings. The summed E-state index contributed by atoms with van der Waals surface area (Å²) in [5, 5.41) is 3.49. The van der Waals surface area contributed by atoms with Crippen molar-refractivity contribution in [2.24, 2.45) is 0 Å². The highest BCUT2D eigenvalue weighted by molar-refractivity contribution is 8.26. The van der Waals surface area contributed by atoms with E-state index in [0.29, 0.717) is 30.5 Å². The molecule has 0 saturated carbocycles. The number of carbonyl (C=O) groups is 2. The predicted octanol–water partition coefficient (Wildman–Crippen LogP) is 4.83. The summed E-state index contributed by atoms with van der Waals surface area (Å²) in [4.78, 5) is 26.5. The van der Waals surface area contributed by atoms with Crippen LogP contribution in [0.2, 0.25) is 10.0 Å². The molecule has 0 atom stereocenters. The molecule has 26 heavy (non-hydrogen) atoms. The first-order valence-corrected chi connectivity index (χ1v) is 9.48. The van der Waals surface area contributed by atoms with Crippen LogP contribution in [0.25, 0.3) is 6.08 Å². The van der Waals surface area contributed by atoms with Gasteiger partial charge < -0.3 is 5.32 Å². The highest BCUT2D eigenvalue weighted by Gasteiger charge is 2.33. The third kappa shape index (κ3) is 4.27. The Kier molecular flexibility index (Phi) is 5.98. The Morgan fingerprint density at radius 3 is 2.62 bits per heavy atom. The van der Waals surface area contributed by atoms with Crippen LogP contribution in [0.4, 0.5) is 5.69 Å². The van der Waals surface area contributed by atoms with Gasteiger partial charge in [0.25, 0.3) is 5.91 Å². The van der Waals surface area contributed by atoms with Crippen molar-refractivity contribution < 1.29 is 9.59 Å². The van der Waals surface area contributed by atoms with Crippen LogP contribution in [0.5, 0.6) is 0 Å². The van der Waals surface area contributed by atoms with Crippen molar-refractivity contribution in [3.8, 4) is 0 Å². The van der Waals surface area contributed by atoms with E-state index < -0.39 is 0 Å². The van der Waals surface area contributed by atoms with Gasteiger partial charge in [0.1, 0.15) is 10.9 Å². The fraction of sp³-hybridized carbons (Fsp3) is 0.0556. The lowest BCUT2D eigenvalue weighted by Gasteiger charge is -2.14. The minimum atomic E-state index is -0.334. The highest BCUT2D eigenvalue weighted by atomic mass is 35.5.